The van der Waals surface area contributed by atoms with Crippen LogP contribution in [-0.2, 0) is 0 Å². The molecule has 90 valence electrons. The highest BCUT2D eigenvalue weighted by molar-refractivity contribution is 5.45. The lowest BCUT2D eigenvalue weighted by atomic mass is 10.1. The van der Waals surface area contributed by atoms with Crippen LogP contribution in [0, 0.1) is 0 Å². The molecule has 0 saturated heterocycles. The van der Waals surface area contributed by atoms with Crippen LogP contribution < -0.4 is 5.73 Å². The largest absolute Gasteiger partial charge is 0.337 e. The van der Waals surface area contributed by atoms with Gasteiger partial charge < -0.3 is 10.3 Å². The van der Waals surface area contributed by atoms with Crippen molar-refractivity contribution in [3.8, 4) is 11.5 Å². The van der Waals surface area contributed by atoms with Crippen LogP contribution in [0.3, 0.4) is 0 Å². The zero-order chi connectivity index (χ0) is 12.4. The Balaban J connectivity index is 1.90. The number of H-pyrrole nitrogens is 1. The SMILES string of the molecule is N[C@@H](c1ccccc1)c1nc(-c2cn[nH]n2)no1. The summed E-state index contributed by atoms with van der Waals surface area (Å²) in [5.74, 6) is 0.712. The molecule has 0 aliphatic rings. The van der Waals surface area contributed by atoms with Crippen molar-refractivity contribution < 1.29 is 4.52 Å². The van der Waals surface area contributed by atoms with Crippen LogP contribution >= 0.6 is 0 Å². The highest BCUT2D eigenvalue weighted by atomic mass is 16.5. The lowest BCUT2D eigenvalue weighted by molar-refractivity contribution is 0.367. The van der Waals surface area contributed by atoms with Crippen molar-refractivity contribution >= 4 is 0 Å². The fraction of sp³-hybridized carbons (Fsp3) is 0.0909. The monoisotopic (exact) mass is 242 g/mol. The van der Waals surface area contributed by atoms with Gasteiger partial charge in [-0.3, -0.25) is 0 Å². The molecular formula is C11H10N6O. The summed E-state index contributed by atoms with van der Waals surface area (Å²) in [6, 6.07) is 9.10. The molecule has 0 unspecified atom stereocenters. The minimum atomic E-state index is -0.445. The van der Waals surface area contributed by atoms with E-state index in [-0.39, 0.29) is 0 Å². The van der Waals surface area contributed by atoms with Gasteiger partial charge in [0.1, 0.15) is 6.04 Å². The Morgan fingerprint density at radius 1 is 1.22 bits per heavy atom. The summed E-state index contributed by atoms with van der Waals surface area (Å²) in [4.78, 5) is 4.20. The topological polar surface area (TPSA) is 107 Å². The Labute approximate surface area is 102 Å². The minimum absolute atomic E-state index is 0.346. The molecule has 0 spiro atoms. The first-order valence-electron chi connectivity index (χ1n) is 5.35. The van der Waals surface area contributed by atoms with Gasteiger partial charge in [0, 0.05) is 0 Å². The van der Waals surface area contributed by atoms with Crippen molar-refractivity contribution in [1.82, 2.24) is 25.6 Å². The third kappa shape index (κ3) is 1.87. The molecule has 0 aliphatic heterocycles. The molecule has 0 bridgehead atoms. The van der Waals surface area contributed by atoms with Crippen molar-refractivity contribution in [3.05, 3.63) is 48.0 Å². The summed E-state index contributed by atoms with van der Waals surface area (Å²) in [5.41, 5.74) is 7.47. The van der Waals surface area contributed by atoms with E-state index >= 15 is 0 Å². The predicted octanol–water partition coefficient (Wildman–Crippen LogP) is 0.903. The third-order valence-electron chi connectivity index (χ3n) is 2.51. The maximum atomic E-state index is 6.04. The summed E-state index contributed by atoms with van der Waals surface area (Å²) in [6.45, 7) is 0. The van der Waals surface area contributed by atoms with E-state index in [1.165, 1.54) is 6.20 Å². The van der Waals surface area contributed by atoms with E-state index in [0.717, 1.165) is 5.56 Å². The Hall–Kier alpha value is -2.54. The highest BCUT2D eigenvalue weighted by Gasteiger charge is 2.18. The molecule has 1 atom stereocenters. The van der Waals surface area contributed by atoms with Gasteiger partial charge in [-0.25, -0.2) is 0 Å². The highest BCUT2D eigenvalue weighted by Crippen LogP contribution is 2.19. The van der Waals surface area contributed by atoms with Crippen LogP contribution in [0.4, 0.5) is 0 Å². The number of rotatable bonds is 3. The van der Waals surface area contributed by atoms with Crippen molar-refractivity contribution in [3.63, 3.8) is 0 Å². The summed E-state index contributed by atoms with van der Waals surface area (Å²) in [7, 11) is 0. The molecule has 0 fully saturated rings. The smallest absolute Gasteiger partial charge is 0.248 e. The van der Waals surface area contributed by atoms with Gasteiger partial charge in [-0.05, 0) is 5.56 Å². The van der Waals surface area contributed by atoms with Gasteiger partial charge in [0.15, 0.2) is 5.69 Å². The number of benzene rings is 1. The molecule has 1 aromatic carbocycles. The first-order valence-corrected chi connectivity index (χ1v) is 5.35. The Kier molecular flexibility index (Phi) is 2.58. The van der Waals surface area contributed by atoms with Crippen LogP contribution in [-0.4, -0.2) is 25.6 Å². The molecule has 0 aliphatic carbocycles. The number of hydrogen-bond donors (Lipinski definition) is 2. The number of hydrogen-bond acceptors (Lipinski definition) is 6. The summed E-state index contributed by atoms with van der Waals surface area (Å²) in [6.07, 6.45) is 1.52. The van der Waals surface area contributed by atoms with Crippen molar-refractivity contribution in [1.29, 1.82) is 0 Å². The maximum Gasteiger partial charge on any atom is 0.248 e. The van der Waals surface area contributed by atoms with Crippen LogP contribution in [0.15, 0.2) is 41.1 Å². The fourth-order valence-corrected chi connectivity index (χ4v) is 1.58. The van der Waals surface area contributed by atoms with Crippen LogP contribution in [0.2, 0.25) is 0 Å². The molecule has 0 amide bonds. The second-order valence-electron chi connectivity index (χ2n) is 3.70. The molecule has 2 aromatic heterocycles. The average molecular weight is 242 g/mol. The summed E-state index contributed by atoms with van der Waals surface area (Å²) >= 11 is 0. The van der Waals surface area contributed by atoms with Gasteiger partial charge in [0.2, 0.25) is 11.7 Å². The minimum Gasteiger partial charge on any atom is -0.337 e. The lowest BCUT2D eigenvalue weighted by Gasteiger charge is -2.05. The maximum absolute atomic E-state index is 6.04. The first-order chi connectivity index (χ1) is 8.84. The predicted molar refractivity (Wildman–Crippen MR) is 62.1 cm³/mol. The van der Waals surface area contributed by atoms with Crippen molar-refractivity contribution in [2.75, 3.05) is 0 Å². The molecule has 0 saturated carbocycles. The van der Waals surface area contributed by atoms with Crippen molar-refractivity contribution in [2.24, 2.45) is 5.73 Å². The van der Waals surface area contributed by atoms with Crippen LogP contribution in [0.1, 0.15) is 17.5 Å². The van der Waals surface area contributed by atoms with Crippen molar-refractivity contribution in [2.45, 2.75) is 6.04 Å². The van der Waals surface area contributed by atoms with Gasteiger partial charge >= 0.3 is 0 Å². The Morgan fingerprint density at radius 3 is 2.78 bits per heavy atom. The molecule has 0 radical (unpaired) electrons. The second kappa shape index (κ2) is 4.38. The average Bonchev–Trinajstić information content (AvgIpc) is 3.09. The zero-order valence-electron chi connectivity index (χ0n) is 9.32. The van der Waals surface area contributed by atoms with E-state index in [2.05, 4.69) is 25.6 Å². The Bertz CT molecular complexity index is 618. The number of aromatic nitrogens is 5. The molecule has 7 heteroatoms. The van der Waals surface area contributed by atoms with Gasteiger partial charge in [0.05, 0.1) is 6.20 Å². The normalized spacial score (nSPS) is 12.5. The standard InChI is InChI=1S/C11H10N6O/c12-9(7-4-2-1-3-5-7)11-14-10(16-18-11)8-6-13-17-15-8/h1-6,9H,12H2,(H,13,15,17)/t9-/m0/s1. The summed E-state index contributed by atoms with van der Waals surface area (Å²) in [5, 5.41) is 13.9. The zero-order valence-corrected chi connectivity index (χ0v) is 9.32. The molecule has 18 heavy (non-hydrogen) atoms. The van der Waals surface area contributed by atoms with E-state index in [1.807, 2.05) is 30.3 Å². The van der Waals surface area contributed by atoms with E-state index in [4.69, 9.17) is 10.3 Å². The quantitative estimate of drug-likeness (QED) is 0.706. The molecule has 3 N–H and O–H groups in total. The van der Waals surface area contributed by atoms with Crippen LogP contribution in [0.5, 0.6) is 0 Å². The number of nitrogens with one attached hydrogen (secondary N) is 1. The lowest BCUT2D eigenvalue weighted by Crippen LogP contribution is -2.11. The van der Waals surface area contributed by atoms with Gasteiger partial charge in [-0.15, -0.1) is 0 Å². The number of aromatic amines is 1. The second-order valence-corrected chi connectivity index (χ2v) is 3.70. The summed E-state index contributed by atoms with van der Waals surface area (Å²) < 4.78 is 5.14. The van der Waals surface area contributed by atoms with E-state index in [0.29, 0.717) is 17.4 Å². The van der Waals surface area contributed by atoms with E-state index in [9.17, 15) is 0 Å². The Morgan fingerprint density at radius 2 is 2.06 bits per heavy atom. The van der Waals surface area contributed by atoms with E-state index in [1.54, 1.807) is 0 Å². The molecule has 3 aromatic rings. The van der Waals surface area contributed by atoms with Gasteiger partial charge in [-0.1, -0.05) is 35.5 Å². The number of nitrogens with two attached hydrogens (primary N) is 1. The van der Waals surface area contributed by atoms with Gasteiger partial charge in [-0.2, -0.15) is 20.4 Å². The van der Waals surface area contributed by atoms with E-state index < -0.39 is 6.04 Å². The molecular weight excluding hydrogens is 232 g/mol. The number of nitrogens with zero attached hydrogens (tertiary/aromatic N) is 4. The molecule has 2 heterocycles. The van der Waals surface area contributed by atoms with Crippen LogP contribution in [0.25, 0.3) is 11.5 Å². The molecule has 3 rings (SSSR count). The third-order valence-corrected chi connectivity index (χ3v) is 2.51. The van der Waals surface area contributed by atoms with Gasteiger partial charge in [0.25, 0.3) is 0 Å². The first kappa shape index (κ1) is 10.6. The fourth-order valence-electron chi connectivity index (χ4n) is 1.58. The molecule has 7 nitrogen and oxygen atoms in total.